The molecule has 2 aromatic rings. The maximum Gasteiger partial charge on any atom is 0.228 e. The zero-order valence-corrected chi connectivity index (χ0v) is 16.8. The van der Waals surface area contributed by atoms with Crippen molar-refractivity contribution in [1.82, 2.24) is 10.3 Å². The number of aryl methyl sites for hydroxylation is 1. The first kappa shape index (κ1) is 19.5. The summed E-state index contributed by atoms with van der Waals surface area (Å²) in [6.07, 6.45) is 5.93. The second-order valence-corrected chi connectivity index (χ2v) is 8.29. The number of amides is 2. The van der Waals surface area contributed by atoms with E-state index in [1.165, 1.54) is 31.1 Å². The highest BCUT2D eigenvalue weighted by Gasteiger charge is 2.23. The number of anilines is 1. The van der Waals surface area contributed by atoms with Crippen molar-refractivity contribution < 1.29 is 9.59 Å². The Labute approximate surface area is 164 Å². The van der Waals surface area contributed by atoms with Crippen LogP contribution in [0.4, 0.5) is 5.13 Å². The standard InChI is InChI=1S/C21H27N3O2S/c1-3-7-15-10-11-17-19(12-15)27-21(23-17)24-20(26)13-18(22-14(2)25)16-8-5-4-6-9-16/h4-6,8-9,15,18H,3,7,10-13H2,1-2H3,(H,22,25)(H,23,24,26). The third kappa shape index (κ3) is 5.39. The van der Waals surface area contributed by atoms with E-state index in [0.29, 0.717) is 5.13 Å². The van der Waals surface area contributed by atoms with E-state index in [2.05, 4.69) is 22.5 Å². The molecule has 2 atom stereocenters. The van der Waals surface area contributed by atoms with Crippen LogP contribution in [0.2, 0.25) is 0 Å². The average molecular weight is 386 g/mol. The van der Waals surface area contributed by atoms with Crippen molar-refractivity contribution in [3.05, 3.63) is 46.5 Å². The van der Waals surface area contributed by atoms with E-state index in [4.69, 9.17) is 0 Å². The minimum absolute atomic E-state index is 0.131. The van der Waals surface area contributed by atoms with Gasteiger partial charge in [0.2, 0.25) is 11.8 Å². The van der Waals surface area contributed by atoms with Crippen LogP contribution < -0.4 is 10.6 Å². The van der Waals surface area contributed by atoms with Crippen molar-refractivity contribution >= 4 is 28.3 Å². The molecular formula is C21H27N3O2S. The SMILES string of the molecule is CCCC1CCc2nc(NC(=O)CC(NC(C)=O)c3ccccc3)sc2C1. The quantitative estimate of drug-likeness (QED) is 0.748. The molecule has 3 rings (SSSR count). The minimum Gasteiger partial charge on any atom is -0.349 e. The van der Waals surface area contributed by atoms with Crippen molar-refractivity contribution in [2.75, 3.05) is 5.32 Å². The van der Waals surface area contributed by atoms with Crippen LogP contribution >= 0.6 is 11.3 Å². The molecule has 0 radical (unpaired) electrons. The largest absolute Gasteiger partial charge is 0.349 e. The number of carbonyl (C=O) groups is 2. The fourth-order valence-corrected chi connectivity index (χ4v) is 4.83. The Morgan fingerprint density at radius 1 is 1.30 bits per heavy atom. The van der Waals surface area contributed by atoms with Crippen LogP contribution in [-0.2, 0) is 22.4 Å². The van der Waals surface area contributed by atoms with E-state index in [1.54, 1.807) is 11.3 Å². The molecule has 0 bridgehead atoms. The van der Waals surface area contributed by atoms with E-state index in [0.717, 1.165) is 30.0 Å². The molecule has 2 unspecified atom stereocenters. The number of rotatable bonds is 7. The molecule has 1 aromatic carbocycles. The smallest absolute Gasteiger partial charge is 0.228 e. The van der Waals surface area contributed by atoms with Gasteiger partial charge in [0.15, 0.2) is 5.13 Å². The summed E-state index contributed by atoms with van der Waals surface area (Å²) in [5, 5.41) is 6.48. The monoisotopic (exact) mass is 385 g/mol. The Morgan fingerprint density at radius 3 is 2.78 bits per heavy atom. The Balaban J connectivity index is 1.64. The summed E-state index contributed by atoms with van der Waals surface area (Å²) in [6.45, 7) is 3.70. The molecule has 1 aliphatic carbocycles. The minimum atomic E-state index is -0.341. The van der Waals surface area contributed by atoms with Crippen molar-refractivity contribution in [3.8, 4) is 0 Å². The molecule has 0 spiro atoms. The first-order valence-electron chi connectivity index (χ1n) is 9.65. The molecule has 1 aromatic heterocycles. The third-order valence-electron chi connectivity index (χ3n) is 4.95. The Morgan fingerprint density at radius 2 is 2.07 bits per heavy atom. The van der Waals surface area contributed by atoms with Crippen molar-refractivity contribution in [1.29, 1.82) is 0 Å². The molecule has 0 aliphatic heterocycles. The number of hydrogen-bond acceptors (Lipinski definition) is 4. The lowest BCUT2D eigenvalue weighted by Crippen LogP contribution is -2.29. The number of benzene rings is 1. The maximum atomic E-state index is 12.6. The normalized spacial score (nSPS) is 17.0. The second-order valence-electron chi connectivity index (χ2n) is 7.20. The molecule has 1 aliphatic rings. The Kier molecular flexibility index (Phi) is 6.61. The van der Waals surface area contributed by atoms with E-state index in [1.807, 2.05) is 30.3 Å². The van der Waals surface area contributed by atoms with Gasteiger partial charge in [-0.25, -0.2) is 4.98 Å². The summed E-state index contributed by atoms with van der Waals surface area (Å²) in [5.41, 5.74) is 2.06. The van der Waals surface area contributed by atoms with Gasteiger partial charge in [-0.3, -0.25) is 9.59 Å². The average Bonchev–Trinajstić information content (AvgIpc) is 3.03. The number of fused-ring (bicyclic) bond motifs is 1. The zero-order valence-electron chi connectivity index (χ0n) is 16.0. The highest BCUT2D eigenvalue weighted by molar-refractivity contribution is 7.15. The topological polar surface area (TPSA) is 71.1 Å². The van der Waals surface area contributed by atoms with Crippen LogP contribution in [0.5, 0.6) is 0 Å². The fraction of sp³-hybridized carbons (Fsp3) is 0.476. The number of aromatic nitrogens is 1. The van der Waals surface area contributed by atoms with E-state index in [-0.39, 0.29) is 24.3 Å². The maximum absolute atomic E-state index is 12.6. The Bertz CT molecular complexity index is 788. The predicted octanol–water partition coefficient (Wildman–Crippen LogP) is 4.25. The summed E-state index contributed by atoms with van der Waals surface area (Å²) in [7, 11) is 0. The summed E-state index contributed by atoms with van der Waals surface area (Å²) >= 11 is 1.60. The lowest BCUT2D eigenvalue weighted by atomic mass is 9.88. The van der Waals surface area contributed by atoms with Gasteiger partial charge in [0.1, 0.15) is 0 Å². The molecule has 2 amide bonds. The fourth-order valence-electron chi connectivity index (χ4n) is 3.69. The molecule has 27 heavy (non-hydrogen) atoms. The van der Waals surface area contributed by atoms with Gasteiger partial charge in [-0.15, -0.1) is 11.3 Å². The second kappa shape index (κ2) is 9.13. The number of nitrogens with one attached hydrogen (secondary N) is 2. The molecule has 0 saturated carbocycles. The van der Waals surface area contributed by atoms with Gasteiger partial charge in [-0.2, -0.15) is 0 Å². The highest BCUT2D eigenvalue weighted by Crippen LogP contribution is 2.34. The van der Waals surface area contributed by atoms with Crippen LogP contribution in [0.15, 0.2) is 30.3 Å². The zero-order chi connectivity index (χ0) is 19.2. The number of carbonyl (C=O) groups excluding carboxylic acids is 2. The molecule has 1 heterocycles. The number of nitrogens with zero attached hydrogens (tertiary/aromatic N) is 1. The van der Waals surface area contributed by atoms with Crippen LogP contribution in [0, 0.1) is 5.92 Å². The molecular weight excluding hydrogens is 358 g/mol. The molecule has 0 fully saturated rings. The van der Waals surface area contributed by atoms with Gasteiger partial charge >= 0.3 is 0 Å². The van der Waals surface area contributed by atoms with Crippen molar-refractivity contribution in [2.45, 2.75) is 58.4 Å². The third-order valence-corrected chi connectivity index (χ3v) is 5.99. The van der Waals surface area contributed by atoms with Crippen molar-refractivity contribution in [2.24, 2.45) is 5.92 Å². The first-order valence-corrected chi connectivity index (χ1v) is 10.5. The number of hydrogen-bond donors (Lipinski definition) is 2. The van der Waals surface area contributed by atoms with Crippen LogP contribution in [0.3, 0.4) is 0 Å². The highest BCUT2D eigenvalue weighted by atomic mass is 32.1. The summed E-state index contributed by atoms with van der Waals surface area (Å²) in [5.74, 6) is 0.464. The lowest BCUT2D eigenvalue weighted by molar-refractivity contribution is -0.120. The van der Waals surface area contributed by atoms with E-state index >= 15 is 0 Å². The molecule has 5 nitrogen and oxygen atoms in total. The van der Waals surface area contributed by atoms with Crippen LogP contribution in [0.1, 0.15) is 61.7 Å². The van der Waals surface area contributed by atoms with E-state index in [9.17, 15) is 9.59 Å². The van der Waals surface area contributed by atoms with Gasteiger partial charge in [0, 0.05) is 11.8 Å². The molecule has 0 saturated heterocycles. The molecule has 2 N–H and O–H groups in total. The van der Waals surface area contributed by atoms with Gasteiger partial charge in [0.25, 0.3) is 0 Å². The van der Waals surface area contributed by atoms with Crippen LogP contribution in [0.25, 0.3) is 0 Å². The van der Waals surface area contributed by atoms with Crippen molar-refractivity contribution in [3.63, 3.8) is 0 Å². The summed E-state index contributed by atoms with van der Waals surface area (Å²) < 4.78 is 0. The van der Waals surface area contributed by atoms with Gasteiger partial charge in [-0.05, 0) is 30.7 Å². The predicted molar refractivity (Wildman–Crippen MR) is 109 cm³/mol. The lowest BCUT2D eigenvalue weighted by Gasteiger charge is -2.19. The number of thiazole rings is 1. The summed E-state index contributed by atoms with van der Waals surface area (Å²) in [6, 6.07) is 9.23. The summed E-state index contributed by atoms with van der Waals surface area (Å²) in [4.78, 5) is 30.0. The Hall–Kier alpha value is -2.21. The molecule has 6 heteroatoms. The van der Waals surface area contributed by atoms with Gasteiger partial charge in [-0.1, -0.05) is 50.1 Å². The van der Waals surface area contributed by atoms with Gasteiger partial charge < -0.3 is 10.6 Å². The van der Waals surface area contributed by atoms with Crippen LogP contribution in [-0.4, -0.2) is 16.8 Å². The first-order chi connectivity index (χ1) is 13.0. The van der Waals surface area contributed by atoms with Gasteiger partial charge in [0.05, 0.1) is 18.2 Å². The molecule has 144 valence electrons. The van der Waals surface area contributed by atoms with E-state index < -0.39 is 0 Å².